The molecule has 0 spiro atoms. The number of hydrogen-bond donors (Lipinski definition) is 0. The fourth-order valence-corrected chi connectivity index (χ4v) is 0.642. The second-order valence-electron chi connectivity index (χ2n) is 2.01. The SMILES string of the molecule is [Fe+3].[N-]=[N+]=[N-].c1cc[cH-]c1.c1cc[cH-]c1. The van der Waals surface area contributed by atoms with Gasteiger partial charge in [-0.15, -0.1) is 0 Å². The summed E-state index contributed by atoms with van der Waals surface area (Å²) in [5.41, 5.74) is 13.5. The topological polar surface area (TPSA) is 58.7 Å². The molecular weight excluding hydrogens is 218 g/mol. The Labute approximate surface area is 94.0 Å². The van der Waals surface area contributed by atoms with E-state index in [0.717, 1.165) is 0 Å². The van der Waals surface area contributed by atoms with E-state index in [1.807, 2.05) is 60.7 Å². The van der Waals surface area contributed by atoms with Crippen molar-refractivity contribution in [2.24, 2.45) is 0 Å². The first kappa shape index (κ1) is 15.0. The summed E-state index contributed by atoms with van der Waals surface area (Å²) >= 11 is 0. The molecule has 0 fully saturated rings. The summed E-state index contributed by atoms with van der Waals surface area (Å²) in [6, 6.07) is 20.0. The smallest absolute Gasteiger partial charge is 0.373 e. The molecule has 0 amide bonds. The molecule has 0 aliphatic carbocycles. The van der Waals surface area contributed by atoms with E-state index in [-0.39, 0.29) is 17.1 Å². The molecule has 4 heteroatoms. The first-order valence-electron chi connectivity index (χ1n) is 3.73. The first-order valence-corrected chi connectivity index (χ1v) is 3.73. The summed E-state index contributed by atoms with van der Waals surface area (Å²) in [6.45, 7) is 0. The Morgan fingerprint density at radius 2 is 0.929 bits per heavy atom. The molecule has 0 bridgehead atoms. The Balaban J connectivity index is 0. The minimum Gasteiger partial charge on any atom is -0.373 e. The molecule has 2 rings (SSSR count). The fourth-order valence-electron chi connectivity index (χ4n) is 0.642. The molecule has 14 heavy (non-hydrogen) atoms. The third-order valence-corrected chi connectivity index (χ3v) is 1.11. The maximum Gasteiger partial charge on any atom is 3.00 e. The van der Waals surface area contributed by atoms with Gasteiger partial charge in [0.25, 0.3) is 0 Å². The number of rotatable bonds is 0. The minimum atomic E-state index is 0. The summed E-state index contributed by atoms with van der Waals surface area (Å²) in [4.78, 5) is 1.50. The van der Waals surface area contributed by atoms with Gasteiger partial charge in [-0.3, -0.25) is 4.91 Å². The molecule has 0 aliphatic rings. The molecule has 3 nitrogen and oxygen atoms in total. The zero-order valence-electron chi connectivity index (χ0n) is 7.47. The molecule has 0 saturated carbocycles. The van der Waals surface area contributed by atoms with Gasteiger partial charge in [-0.25, -0.2) is 24.3 Å². The molecule has 0 atom stereocenters. The molecular formula is C10H10FeN3. The van der Waals surface area contributed by atoms with Crippen LogP contribution in [0.1, 0.15) is 0 Å². The van der Waals surface area contributed by atoms with Gasteiger partial charge in [0.1, 0.15) is 0 Å². The van der Waals surface area contributed by atoms with Gasteiger partial charge in [0.05, 0.1) is 0 Å². The Morgan fingerprint density at radius 3 is 1.00 bits per heavy atom. The van der Waals surface area contributed by atoms with Crippen LogP contribution in [0.2, 0.25) is 0 Å². The zero-order chi connectivity index (χ0) is 9.78. The summed E-state index contributed by atoms with van der Waals surface area (Å²) in [7, 11) is 0. The second kappa shape index (κ2) is 14.1. The Hall–Kier alpha value is -1.47. The summed E-state index contributed by atoms with van der Waals surface area (Å²) < 4.78 is 0. The first-order chi connectivity index (χ1) is 6.41. The van der Waals surface area contributed by atoms with Gasteiger partial charge in [-0.2, -0.15) is 36.4 Å². The van der Waals surface area contributed by atoms with E-state index < -0.39 is 0 Å². The molecule has 0 heterocycles. The third-order valence-electron chi connectivity index (χ3n) is 1.11. The molecule has 2 aromatic carbocycles. The van der Waals surface area contributed by atoms with E-state index in [1.54, 1.807) is 0 Å². The van der Waals surface area contributed by atoms with Crippen molar-refractivity contribution in [2.45, 2.75) is 0 Å². The van der Waals surface area contributed by atoms with Crippen molar-refractivity contribution in [2.75, 3.05) is 0 Å². The van der Waals surface area contributed by atoms with E-state index in [1.165, 1.54) is 4.91 Å². The van der Waals surface area contributed by atoms with Crippen LogP contribution in [-0.4, -0.2) is 0 Å². The maximum atomic E-state index is 6.75. The van der Waals surface area contributed by atoms with E-state index >= 15 is 0 Å². The summed E-state index contributed by atoms with van der Waals surface area (Å²) in [5.74, 6) is 0. The molecule has 1 radical (unpaired) electrons. The molecule has 0 saturated heterocycles. The molecule has 0 unspecified atom stereocenters. The molecule has 0 aliphatic heterocycles. The fraction of sp³-hybridized carbons (Fsp3) is 0. The van der Waals surface area contributed by atoms with Crippen molar-refractivity contribution in [3.05, 3.63) is 76.6 Å². The Kier molecular flexibility index (Phi) is 15.1. The van der Waals surface area contributed by atoms with Crippen LogP contribution in [0.3, 0.4) is 0 Å². The molecule has 73 valence electrons. The van der Waals surface area contributed by atoms with E-state index in [2.05, 4.69) is 0 Å². The van der Waals surface area contributed by atoms with Gasteiger partial charge in [-0.1, -0.05) is 0 Å². The molecule has 0 aromatic heterocycles. The van der Waals surface area contributed by atoms with Gasteiger partial charge in [0, 0.05) is 0 Å². The number of hydrogen-bond acceptors (Lipinski definition) is 0. The van der Waals surface area contributed by atoms with Gasteiger partial charge in [0.15, 0.2) is 0 Å². The van der Waals surface area contributed by atoms with Gasteiger partial charge >= 0.3 is 17.1 Å². The maximum absolute atomic E-state index is 6.75. The number of nitrogens with zero attached hydrogens (tertiary/aromatic N) is 3. The average molecular weight is 228 g/mol. The van der Waals surface area contributed by atoms with E-state index in [0.29, 0.717) is 0 Å². The molecule has 0 N–H and O–H groups in total. The van der Waals surface area contributed by atoms with Crippen LogP contribution in [0.25, 0.3) is 16.0 Å². The van der Waals surface area contributed by atoms with E-state index in [4.69, 9.17) is 11.1 Å². The predicted molar refractivity (Wildman–Crippen MR) is 54.1 cm³/mol. The van der Waals surface area contributed by atoms with Crippen LogP contribution in [0.15, 0.2) is 60.7 Å². The standard InChI is InChI=1S/2C5H5.Fe.N3/c2*1-2-4-5-3-1;;1-3-2/h2*1-5H;;/q2*-1;+3;-1. The van der Waals surface area contributed by atoms with Crippen molar-refractivity contribution in [3.8, 4) is 0 Å². The molecule has 2 aromatic rings. The van der Waals surface area contributed by atoms with Crippen LogP contribution in [0, 0.1) is 0 Å². The summed E-state index contributed by atoms with van der Waals surface area (Å²) in [6.07, 6.45) is 0. The second-order valence-corrected chi connectivity index (χ2v) is 2.01. The minimum absolute atomic E-state index is 0. The average Bonchev–Trinajstić information content (AvgIpc) is 2.85. The van der Waals surface area contributed by atoms with Crippen molar-refractivity contribution in [1.82, 2.24) is 0 Å². The monoisotopic (exact) mass is 228 g/mol. The van der Waals surface area contributed by atoms with Crippen LogP contribution in [0.5, 0.6) is 0 Å². The van der Waals surface area contributed by atoms with Crippen molar-refractivity contribution >= 4 is 0 Å². The van der Waals surface area contributed by atoms with Crippen molar-refractivity contribution in [1.29, 1.82) is 0 Å². The van der Waals surface area contributed by atoms with Crippen LogP contribution in [-0.2, 0) is 17.1 Å². The van der Waals surface area contributed by atoms with Gasteiger partial charge in [-0.05, 0) is 0 Å². The normalized spacial score (nSPS) is 6.29. The largest absolute Gasteiger partial charge is 3.00 e. The quantitative estimate of drug-likeness (QED) is 0.217. The summed E-state index contributed by atoms with van der Waals surface area (Å²) in [5, 5.41) is 0. The van der Waals surface area contributed by atoms with Gasteiger partial charge in [0.2, 0.25) is 0 Å². The van der Waals surface area contributed by atoms with Crippen molar-refractivity contribution in [3.63, 3.8) is 0 Å². The van der Waals surface area contributed by atoms with Gasteiger partial charge < -0.3 is 11.1 Å². The van der Waals surface area contributed by atoms with Crippen molar-refractivity contribution < 1.29 is 17.1 Å². The van der Waals surface area contributed by atoms with Crippen LogP contribution < -0.4 is 0 Å². The Bertz CT molecular complexity index is 220. The predicted octanol–water partition coefficient (Wildman–Crippen LogP) is 3.67. The third kappa shape index (κ3) is 13.1. The Morgan fingerprint density at radius 1 is 0.714 bits per heavy atom. The van der Waals surface area contributed by atoms with E-state index in [9.17, 15) is 0 Å². The van der Waals surface area contributed by atoms with Crippen LogP contribution >= 0.6 is 0 Å². The zero-order valence-corrected chi connectivity index (χ0v) is 8.57. The van der Waals surface area contributed by atoms with Crippen LogP contribution in [0.4, 0.5) is 0 Å².